The van der Waals surface area contributed by atoms with E-state index in [9.17, 15) is 22.8 Å². The van der Waals surface area contributed by atoms with Crippen LogP contribution in [0.1, 0.15) is 13.8 Å². The molecule has 0 heterocycles. The van der Waals surface area contributed by atoms with Crippen molar-refractivity contribution < 1.29 is 27.5 Å². The highest BCUT2D eigenvalue weighted by Gasteiger charge is 2.32. The molecule has 1 aromatic rings. The number of carbonyl (C=O) groups excluding carboxylic acids is 2. The number of anilines is 1. The average Bonchev–Trinajstić information content (AvgIpc) is 2.28. The van der Waals surface area contributed by atoms with E-state index >= 15 is 0 Å². The number of hydrogen-bond donors (Lipinski definition) is 1. The lowest BCUT2D eigenvalue weighted by atomic mass is 10.2. The van der Waals surface area contributed by atoms with Crippen molar-refractivity contribution >= 4 is 23.0 Å². The summed E-state index contributed by atoms with van der Waals surface area (Å²) in [5.41, 5.74) is 1.70. The molecule has 0 aliphatic heterocycles. The maximum Gasteiger partial charge on any atom is 0.573 e. The van der Waals surface area contributed by atoms with Gasteiger partial charge in [0.05, 0.1) is 5.69 Å². The van der Waals surface area contributed by atoms with Crippen molar-refractivity contribution in [3.05, 3.63) is 24.3 Å². The molecule has 108 valence electrons. The Hall–Kier alpha value is -2.38. The molecule has 0 unspecified atom stereocenters. The van der Waals surface area contributed by atoms with Crippen molar-refractivity contribution in [2.45, 2.75) is 20.2 Å². The molecule has 0 radical (unpaired) electrons. The Morgan fingerprint density at radius 3 is 2.20 bits per heavy atom. The van der Waals surface area contributed by atoms with Gasteiger partial charge in [-0.25, -0.2) is 0 Å². The van der Waals surface area contributed by atoms with E-state index in [4.69, 9.17) is 0 Å². The first-order chi connectivity index (χ1) is 9.20. The molecule has 0 aromatic heterocycles. The highest BCUT2D eigenvalue weighted by atomic mass is 19.4. The summed E-state index contributed by atoms with van der Waals surface area (Å²) in [5, 5.41) is 3.50. The van der Waals surface area contributed by atoms with E-state index in [0.29, 0.717) is 0 Å². The van der Waals surface area contributed by atoms with Crippen LogP contribution in [0.15, 0.2) is 29.4 Å². The number of nitrogens with one attached hydrogen (secondary N) is 1. The number of ketones is 2. The number of benzene rings is 1. The van der Waals surface area contributed by atoms with Gasteiger partial charge >= 0.3 is 6.36 Å². The van der Waals surface area contributed by atoms with Gasteiger partial charge in [-0.2, -0.15) is 5.10 Å². The van der Waals surface area contributed by atoms with Crippen LogP contribution < -0.4 is 10.2 Å². The molecule has 0 bridgehead atoms. The van der Waals surface area contributed by atoms with Crippen LogP contribution in [0.2, 0.25) is 0 Å². The zero-order chi connectivity index (χ0) is 15.3. The van der Waals surface area contributed by atoms with Gasteiger partial charge in [-0.3, -0.25) is 15.0 Å². The third kappa shape index (κ3) is 4.71. The number of alkyl halides is 3. The Kier molecular flexibility index (Phi) is 4.84. The number of Topliss-reactive ketones (excluding diaryl/α,β-unsaturated/α-hetero) is 2. The van der Waals surface area contributed by atoms with E-state index in [2.05, 4.69) is 15.3 Å². The maximum absolute atomic E-state index is 12.2. The van der Waals surface area contributed by atoms with Gasteiger partial charge in [0.25, 0.3) is 0 Å². The molecule has 0 saturated heterocycles. The van der Waals surface area contributed by atoms with Crippen molar-refractivity contribution in [2.75, 3.05) is 5.43 Å². The standard InChI is InChI=1S/C12H11F3N2O3/c1-7(18)11(8(2)19)17-16-9-5-3-4-6-10(9)20-12(13,14)15/h3-6,16H,1-2H3. The van der Waals surface area contributed by atoms with Gasteiger partial charge in [0, 0.05) is 13.8 Å². The molecule has 1 rings (SSSR count). The third-order valence-corrected chi connectivity index (χ3v) is 2.07. The van der Waals surface area contributed by atoms with Crippen molar-refractivity contribution in [3.63, 3.8) is 0 Å². The number of rotatable bonds is 5. The predicted molar refractivity (Wildman–Crippen MR) is 65.5 cm³/mol. The number of halogens is 3. The molecule has 20 heavy (non-hydrogen) atoms. The van der Waals surface area contributed by atoms with Gasteiger partial charge in [-0.1, -0.05) is 12.1 Å². The highest BCUT2D eigenvalue weighted by Crippen LogP contribution is 2.29. The first kappa shape index (κ1) is 15.7. The summed E-state index contributed by atoms with van der Waals surface area (Å²) in [5.74, 6) is -1.71. The van der Waals surface area contributed by atoms with Crippen LogP contribution in [-0.4, -0.2) is 23.6 Å². The van der Waals surface area contributed by atoms with Crippen LogP contribution in [0.5, 0.6) is 5.75 Å². The molecule has 5 nitrogen and oxygen atoms in total. The van der Waals surface area contributed by atoms with Crippen LogP contribution in [0, 0.1) is 0 Å². The Morgan fingerprint density at radius 2 is 1.70 bits per heavy atom. The Labute approximate surface area is 112 Å². The van der Waals surface area contributed by atoms with Crippen LogP contribution in [-0.2, 0) is 9.59 Å². The van der Waals surface area contributed by atoms with E-state index in [0.717, 1.165) is 19.9 Å². The molecule has 1 N–H and O–H groups in total. The SMILES string of the molecule is CC(=O)C(=NNc1ccccc1OC(F)(F)F)C(C)=O. The van der Waals surface area contributed by atoms with Crippen molar-refractivity contribution in [1.29, 1.82) is 0 Å². The molecule has 1 aromatic carbocycles. The second kappa shape index (κ2) is 6.18. The summed E-state index contributed by atoms with van der Waals surface area (Å²) in [6, 6.07) is 5.13. The van der Waals surface area contributed by atoms with E-state index in [1.165, 1.54) is 18.2 Å². The van der Waals surface area contributed by atoms with Crippen molar-refractivity contribution in [3.8, 4) is 5.75 Å². The topological polar surface area (TPSA) is 67.8 Å². The number of carbonyl (C=O) groups is 2. The van der Waals surface area contributed by atoms with Gasteiger partial charge in [0.15, 0.2) is 23.0 Å². The van der Waals surface area contributed by atoms with Crippen LogP contribution in [0.3, 0.4) is 0 Å². The summed E-state index contributed by atoms with van der Waals surface area (Å²) in [4.78, 5) is 22.2. The van der Waals surface area contributed by atoms with Gasteiger partial charge in [-0.15, -0.1) is 13.2 Å². The molecule has 0 amide bonds. The molecular formula is C12H11F3N2O3. The van der Waals surface area contributed by atoms with Gasteiger partial charge in [0.1, 0.15) is 0 Å². The number of nitrogens with zero attached hydrogens (tertiary/aromatic N) is 1. The monoisotopic (exact) mass is 288 g/mol. The summed E-state index contributed by atoms with van der Waals surface area (Å²) in [7, 11) is 0. The number of para-hydroxylation sites is 2. The Morgan fingerprint density at radius 1 is 1.15 bits per heavy atom. The second-order valence-corrected chi connectivity index (χ2v) is 3.73. The molecule has 0 spiro atoms. The zero-order valence-electron chi connectivity index (χ0n) is 10.6. The average molecular weight is 288 g/mol. The zero-order valence-corrected chi connectivity index (χ0v) is 10.6. The van der Waals surface area contributed by atoms with Crippen LogP contribution in [0.25, 0.3) is 0 Å². The molecular weight excluding hydrogens is 277 g/mol. The summed E-state index contributed by atoms with van der Waals surface area (Å²) >= 11 is 0. The highest BCUT2D eigenvalue weighted by molar-refractivity contribution is 6.65. The minimum atomic E-state index is -4.86. The summed E-state index contributed by atoms with van der Waals surface area (Å²) in [6.07, 6.45) is -4.86. The smallest absolute Gasteiger partial charge is 0.404 e. The number of hydrogen-bond acceptors (Lipinski definition) is 5. The van der Waals surface area contributed by atoms with E-state index in [1.54, 1.807) is 0 Å². The predicted octanol–water partition coefficient (Wildman–Crippen LogP) is 2.53. The number of hydrazone groups is 1. The first-order valence-corrected chi connectivity index (χ1v) is 5.41. The van der Waals surface area contributed by atoms with Gasteiger partial charge in [0.2, 0.25) is 0 Å². The fourth-order valence-corrected chi connectivity index (χ4v) is 1.29. The van der Waals surface area contributed by atoms with Crippen molar-refractivity contribution in [1.82, 2.24) is 0 Å². The Balaban J connectivity index is 3.01. The maximum atomic E-state index is 12.2. The lowest BCUT2D eigenvalue weighted by molar-refractivity contribution is -0.274. The molecule has 8 heteroatoms. The lowest BCUT2D eigenvalue weighted by Gasteiger charge is -2.12. The molecule has 0 aliphatic rings. The quantitative estimate of drug-likeness (QED) is 0.513. The molecule has 0 fully saturated rings. The Bertz CT molecular complexity index is 537. The third-order valence-electron chi connectivity index (χ3n) is 2.07. The second-order valence-electron chi connectivity index (χ2n) is 3.73. The number of ether oxygens (including phenoxy) is 1. The largest absolute Gasteiger partial charge is 0.573 e. The minimum Gasteiger partial charge on any atom is -0.404 e. The molecule has 0 aliphatic carbocycles. The van der Waals surface area contributed by atoms with Crippen LogP contribution >= 0.6 is 0 Å². The van der Waals surface area contributed by atoms with Gasteiger partial charge in [-0.05, 0) is 12.1 Å². The lowest BCUT2D eigenvalue weighted by Crippen LogP contribution is -2.21. The fourth-order valence-electron chi connectivity index (χ4n) is 1.29. The van der Waals surface area contributed by atoms with Crippen LogP contribution in [0.4, 0.5) is 18.9 Å². The van der Waals surface area contributed by atoms with Crippen molar-refractivity contribution in [2.24, 2.45) is 5.10 Å². The molecule has 0 saturated carbocycles. The normalized spacial score (nSPS) is 10.7. The minimum absolute atomic E-state index is 0.121. The van der Waals surface area contributed by atoms with E-state index < -0.39 is 29.4 Å². The van der Waals surface area contributed by atoms with E-state index in [1.807, 2.05) is 0 Å². The fraction of sp³-hybridized carbons (Fsp3) is 0.250. The summed E-state index contributed by atoms with van der Waals surface area (Å²) < 4.78 is 40.3. The first-order valence-electron chi connectivity index (χ1n) is 5.41. The van der Waals surface area contributed by atoms with Gasteiger partial charge < -0.3 is 4.74 Å². The summed E-state index contributed by atoms with van der Waals surface area (Å²) in [6.45, 7) is 2.25. The molecule has 0 atom stereocenters. The van der Waals surface area contributed by atoms with E-state index in [-0.39, 0.29) is 5.69 Å².